The van der Waals surface area contributed by atoms with E-state index >= 15 is 0 Å². The van der Waals surface area contributed by atoms with Crippen LogP contribution in [0.1, 0.15) is 0 Å². The highest BCUT2D eigenvalue weighted by Gasteiger charge is 1.95. The molecule has 0 radical (unpaired) electrons. The van der Waals surface area contributed by atoms with Gasteiger partial charge in [-0.25, -0.2) is 0 Å². The van der Waals surface area contributed by atoms with Gasteiger partial charge in [0.2, 0.25) is 0 Å². The van der Waals surface area contributed by atoms with Crippen LogP contribution in [0.4, 0.5) is 11.4 Å². The monoisotopic (exact) mass is 248 g/mol. The zero-order chi connectivity index (χ0) is 7.56. The van der Waals surface area contributed by atoms with E-state index in [-0.39, 0.29) is 0 Å². The number of hydrogen-bond donors (Lipinski definition) is 1. The van der Waals surface area contributed by atoms with Gasteiger partial charge < -0.3 is 5.73 Å². The van der Waals surface area contributed by atoms with Crippen molar-refractivity contribution in [2.45, 2.75) is 0 Å². The number of nitrogens with two attached hydrogens (primary N) is 1. The minimum absolute atomic E-state index is 0.415. The first kappa shape index (κ1) is 7.46. The van der Waals surface area contributed by atoms with Gasteiger partial charge >= 0.3 is 0 Å². The zero-order valence-corrected chi connectivity index (χ0v) is 7.20. The summed E-state index contributed by atoms with van der Waals surface area (Å²) < 4.78 is 0.856. The van der Waals surface area contributed by atoms with Crippen LogP contribution in [0.25, 0.3) is 0 Å². The van der Waals surface area contributed by atoms with Crippen molar-refractivity contribution >= 4 is 34.0 Å². The van der Waals surface area contributed by atoms with Gasteiger partial charge in [0.25, 0.3) is 0 Å². The Balaban J connectivity index is 3.16. The molecule has 0 aliphatic heterocycles. The Hall–Kier alpha value is -0.650. The molecule has 1 rings (SSSR count). The van der Waals surface area contributed by atoms with Gasteiger partial charge in [-0.1, -0.05) is 0 Å². The van der Waals surface area contributed by atoms with Gasteiger partial charge in [-0.2, -0.15) is 0 Å². The Bertz CT molecular complexity index is 262. The fraction of sp³-hybridized carbons (Fsp3) is 0. The maximum atomic E-state index is 9.98. The number of benzene rings is 1. The summed E-state index contributed by atoms with van der Waals surface area (Å²) in [4.78, 5) is 9.98. The number of nitroso groups, excluding NO2 is 1. The van der Waals surface area contributed by atoms with E-state index in [0.717, 1.165) is 3.57 Å². The molecule has 0 heterocycles. The molecule has 0 aliphatic carbocycles. The number of rotatable bonds is 1. The zero-order valence-electron chi connectivity index (χ0n) is 5.04. The van der Waals surface area contributed by atoms with E-state index in [1.54, 1.807) is 18.2 Å². The SMILES string of the molecule is Nc1ccc(N=O)cc1I. The van der Waals surface area contributed by atoms with E-state index < -0.39 is 0 Å². The molecule has 0 bridgehead atoms. The van der Waals surface area contributed by atoms with E-state index in [2.05, 4.69) is 5.18 Å². The second-order valence-corrected chi connectivity index (χ2v) is 2.96. The lowest BCUT2D eigenvalue weighted by Crippen LogP contribution is -1.86. The molecule has 2 N–H and O–H groups in total. The van der Waals surface area contributed by atoms with Crippen molar-refractivity contribution in [3.8, 4) is 0 Å². The highest BCUT2D eigenvalue weighted by atomic mass is 127. The fourth-order valence-electron chi connectivity index (χ4n) is 0.573. The van der Waals surface area contributed by atoms with Gasteiger partial charge in [0.15, 0.2) is 0 Å². The second kappa shape index (κ2) is 2.96. The van der Waals surface area contributed by atoms with Crippen molar-refractivity contribution in [1.82, 2.24) is 0 Å². The van der Waals surface area contributed by atoms with Crippen LogP contribution in [0, 0.1) is 8.48 Å². The van der Waals surface area contributed by atoms with Crippen molar-refractivity contribution in [2.75, 3.05) is 5.73 Å². The van der Waals surface area contributed by atoms with E-state index in [1.807, 2.05) is 22.6 Å². The Labute approximate surface area is 71.7 Å². The minimum atomic E-state index is 0.415. The summed E-state index contributed by atoms with van der Waals surface area (Å²) in [6, 6.07) is 4.89. The summed E-state index contributed by atoms with van der Waals surface area (Å²) in [6.45, 7) is 0. The molecule has 0 saturated heterocycles. The smallest absolute Gasteiger partial charge is 0.109 e. The molecule has 4 heteroatoms. The third kappa shape index (κ3) is 1.44. The minimum Gasteiger partial charge on any atom is -0.398 e. The Morgan fingerprint density at radius 2 is 2.20 bits per heavy atom. The summed E-state index contributed by atoms with van der Waals surface area (Å²) in [5.41, 5.74) is 6.58. The maximum Gasteiger partial charge on any atom is 0.109 e. The third-order valence-electron chi connectivity index (χ3n) is 1.09. The van der Waals surface area contributed by atoms with Crippen molar-refractivity contribution < 1.29 is 0 Å². The van der Waals surface area contributed by atoms with Crippen LogP contribution in [0.2, 0.25) is 0 Å². The molecule has 3 nitrogen and oxygen atoms in total. The molecule has 0 aliphatic rings. The largest absolute Gasteiger partial charge is 0.398 e. The van der Waals surface area contributed by atoms with Gasteiger partial charge in [-0.3, -0.25) is 0 Å². The molecule has 1 aromatic rings. The normalized spacial score (nSPS) is 9.30. The summed E-state index contributed by atoms with van der Waals surface area (Å²) in [6.07, 6.45) is 0. The van der Waals surface area contributed by atoms with Crippen molar-refractivity contribution in [3.63, 3.8) is 0 Å². The number of halogens is 1. The molecule has 0 saturated carbocycles. The summed E-state index contributed by atoms with van der Waals surface area (Å²) in [7, 11) is 0. The van der Waals surface area contributed by atoms with Gasteiger partial charge in [0.05, 0.1) is 0 Å². The van der Waals surface area contributed by atoms with Gasteiger partial charge in [0, 0.05) is 9.26 Å². The van der Waals surface area contributed by atoms with Crippen LogP contribution >= 0.6 is 22.6 Å². The van der Waals surface area contributed by atoms with Crippen molar-refractivity contribution in [2.24, 2.45) is 5.18 Å². The molecule has 1 aromatic carbocycles. The van der Waals surface area contributed by atoms with E-state index in [4.69, 9.17) is 5.73 Å². The van der Waals surface area contributed by atoms with Crippen LogP contribution in [-0.2, 0) is 0 Å². The van der Waals surface area contributed by atoms with Crippen LogP contribution < -0.4 is 5.73 Å². The number of nitrogens with zero attached hydrogens (tertiary/aromatic N) is 1. The number of nitrogen functional groups attached to an aromatic ring is 1. The second-order valence-electron chi connectivity index (χ2n) is 1.80. The highest BCUT2D eigenvalue weighted by Crippen LogP contribution is 2.20. The predicted molar refractivity (Wildman–Crippen MR) is 49.0 cm³/mol. The topological polar surface area (TPSA) is 55.4 Å². The van der Waals surface area contributed by atoms with Crippen molar-refractivity contribution in [3.05, 3.63) is 26.7 Å². The van der Waals surface area contributed by atoms with Gasteiger partial charge in [-0.05, 0) is 46.0 Å². The summed E-state index contributed by atoms with van der Waals surface area (Å²) >= 11 is 2.05. The standard InChI is InChI=1S/C6H5IN2O/c7-5-3-4(9-10)1-2-6(5)8/h1-3H,8H2. The van der Waals surface area contributed by atoms with Gasteiger partial charge in [-0.15, -0.1) is 4.91 Å². The Morgan fingerprint density at radius 3 is 2.70 bits per heavy atom. The Kier molecular flexibility index (Phi) is 2.21. The first-order chi connectivity index (χ1) is 4.74. The van der Waals surface area contributed by atoms with Crippen LogP contribution in [0.15, 0.2) is 23.4 Å². The first-order valence-electron chi connectivity index (χ1n) is 2.62. The lowest BCUT2D eigenvalue weighted by molar-refractivity contribution is 1.48. The molecule has 0 aromatic heterocycles. The average Bonchev–Trinajstić information content (AvgIpc) is 1.95. The summed E-state index contributed by atoms with van der Waals surface area (Å²) in [5.74, 6) is 0. The molecular weight excluding hydrogens is 243 g/mol. The van der Waals surface area contributed by atoms with Crippen LogP contribution in [-0.4, -0.2) is 0 Å². The molecule has 0 atom stereocenters. The van der Waals surface area contributed by atoms with Gasteiger partial charge in [0.1, 0.15) is 5.69 Å². The molecule has 0 unspecified atom stereocenters. The molecule has 10 heavy (non-hydrogen) atoms. The van der Waals surface area contributed by atoms with Crippen LogP contribution in [0.3, 0.4) is 0 Å². The first-order valence-corrected chi connectivity index (χ1v) is 3.70. The molecule has 0 spiro atoms. The van der Waals surface area contributed by atoms with E-state index in [1.165, 1.54) is 0 Å². The lowest BCUT2D eigenvalue weighted by Gasteiger charge is -1.95. The molecule has 0 fully saturated rings. The van der Waals surface area contributed by atoms with E-state index in [9.17, 15) is 4.91 Å². The molecular formula is C6H5IN2O. The van der Waals surface area contributed by atoms with Crippen molar-refractivity contribution in [1.29, 1.82) is 0 Å². The quantitative estimate of drug-likeness (QED) is 0.470. The summed E-state index contributed by atoms with van der Waals surface area (Å²) in [5, 5.41) is 2.76. The fourth-order valence-corrected chi connectivity index (χ4v) is 1.07. The maximum absolute atomic E-state index is 9.98. The number of hydrogen-bond acceptors (Lipinski definition) is 3. The third-order valence-corrected chi connectivity index (χ3v) is 2.02. The molecule has 52 valence electrons. The predicted octanol–water partition coefficient (Wildman–Crippen LogP) is 2.27. The number of anilines is 1. The average molecular weight is 248 g/mol. The Morgan fingerprint density at radius 1 is 1.50 bits per heavy atom. The highest BCUT2D eigenvalue weighted by molar-refractivity contribution is 14.1. The molecule has 0 amide bonds. The lowest BCUT2D eigenvalue weighted by atomic mass is 10.3. The van der Waals surface area contributed by atoms with E-state index in [0.29, 0.717) is 11.4 Å². The van der Waals surface area contributed by atoms with Crippen LogP contribution in [0.5, 0.6) is 0 Å².